The fraction of sp³-hybridized carbons (Fsp3) is 0.538. The van der Waals surface area contributed by atoms with Crippen molar-refractivity contribution in [3.63, 3.8) is 0 Å². The summed E-state index contributed by atoms with van der Waals surface area (Å²) in [6.45, 7) is 0.966. The van der Waals surface area contributed by atoms with Crippen LogP contribution in [-0.2, 0) is 4.79 Å². The molecule has 0 aromatic carbocycles. The Morgan fingerprint density at radius 3 is 3.05 bits per heavy atom. The van der Waals surface area contributed by atoms with E-state index >= 15 is 0 Å². The van der Waals surface area contributed by atoms with E-state index in [1.54, 1.807) is 17.0 Å². The number of likely N-dealkylation sites (tertiary alicyclic amines) is 1. The summed E-state index contributed by atoms with van der Waals surface area (Å²) in [5.74, 6) is -0.115. The summed E-state index contributed by atoms with van der Waals surface area (Å²) in [5.41, 5.74) is 0. The van der Waals surface area contributed by atoms with E-state index < -0.39 is 0 Å². The van der Waals surface area contributed by atoms with Crippen molar-refractivity contribution in [2.24, 2.45) is 0 Å². The lowest BCUT2D eigenvalue weighted by Gasteiger charge is -2.22. The van der Waals surface area contributed by atoms with Crippen molar-refractivity contribution in [1.29, 1.82) is 0 Å². The van der Waals surface area contributed by atoms with Gasteiger partial charge in [0.05, 0.1) is 18.9 Å². The van der Waals surface area contributed by atoms with Crippen LogP contribution in [0.2, 0.25) is 0 Å². The van der Waals surface area contributed by atoms with Crippen molar-refractivity contribution in [2.45, 2.75) is 25.3 Å². The van der Waals surface area contributed by atoms with Crippen molar-refractivity contribution >= 4 is 11.8 Å². The number of carbonyl (C=O) groups excluding carboxylic acids is 2. The average molecular weight is 266 g/mol. The topological polar surface area (TPSA) is 82.8 Å². The summed E-state index contributed by atoms with van der Waals surface area (Å²) in [7, 11) is 0. The van der Waals surface area contributed by atoms with E-state index in [1.165, 1.54) is 6.26 Å². The van der Waals surface area contributed by atoms with Gasteiger partial charge in [0.2, 0.25) is 5.91 Å². The lowest BCUT2D eigenvalue weighted by atomic mass is 10.2. The zero-order valence-electron chi connectivity index (χ0n) is 10.7. The van der Waals surface area contributed by atoms with E-state index in [1.807, 2.05) is 0 Å². The van der Waals surface area contributed by atoms with Crippen molar-refractivity contribution in [3.05, 3.63) is 24.2 Å². The van der Waals surface area contributed by atoms with Gasteiger partial charge in [0.25, 0.3) is 5.91 Å². The average Bonchev–Trinajstić information content (AvgIpc) is 3.09. The van der Waals surface area contributed by atoms with Gasteiger partial charge in [-0.05, 0) is 25.0 Å². The summed E-state index contributed by atoms with van der Waals surface area (Å²) in [6, 6.07) is 3.14. The number of amides is 2. The summed E-state index contributed by atoms with van der Waals surface area (Å²) in [5, 5.41) is 11.8. The zero-order valence-corrected chi connectivity index (χ0v) is 10.7. The molecule has 1 atom stereocenters. The minimum absolute atomic E-state index is 0.00446. The molecule has 2 rings (SSSR count). The molecule has 0 radical (unpaired) electrons. The lowest BCUT2D eigenvalue weighted by Crippen LogP contribution is -2.39. The molecule has 2 amide bonds. The molecule has 0 saturated carbocycles. The van der Waals surface area contributed by atoms with Crippen LogP contribution in [0.15, 0.2) is 22.8 Å². The fourth-order valence-electron chi connectivity index (χ4n) is 2.28. The molecule has 1 aromatic heterocycles. The number of furan rings is 1. The highest BCUT2D eigenvalue weighted by Crippen LogP contribution is 2.17. The molecule has 19 heavy (non-hydrogen) atoms. The Bertz CT molecular complexity index is 430. The molecule has 1 fully saturated rings. The lowest BCUT2D eigenvalue weighted by molar-refractivity contribution is -0.132. The van der Waals surface area contributed by atoms with Gasteiger partial charge >= 0.3 is 0 Å². The number of nitrogens with one attached hydrogen (secondary N) is 1. The third-order valence-corrected chi connectivity index (χ3v) is 3.28. The van der Waals surface area contributed by atoms with Gasteiger partial charge in [-0.25, -0.2) is 0 Å². The van der Waals surface area contributed by atoms with E-state index in [0.29, 0.717) is 6.54 Å². The van der Waals surface area contributed by atoms with Crippen LogP contribution in [0, 0.1) is 0 Å². The van der Waals surface area contributed by atoms with E-state index in [4.69, 9.17) is 9.52 Å². The molecule has 104 valence electrons. The molecule has 0 bridgehead atoms. The van der Waals surface area contributed by atoms with Crippen molar-refractivity contribution < 1.29 is 19.1 Å². The molecule has 1 aliphatic heterocycles. The molecular weight excluding hydrogens is 248 g/mol. The molecule has 1 saturated heterocycles. The number of carbonyl (C=O) groups is 2. The highest BCUT2D eigenvalue weighted by molar-refractivity contribution is 5.91. The number of nitrogens with zero attached hydrogens (tertiary/aromatic N) is 1. The molecule has 6 nitrogen and oxygen atoms in total. The highest BCUT2D eigenvalue weighted by atomic mass is 16.3. The number of aliphatic hydroxyl groups is 1. The quantitative estimate of drug-likeness (QED) is 0.807. The molecular formula is C13H18N2O4. The van der Waals surface area contributed by atoms with Crippen LogP contribution in [0.1, 0.15) is 29.8 Å². The van der Waals surface area contributed by atoms with E-state index in [2.05, 4.69) is 5.32 Å². The molecule has 2 heterocycles. The largest absolute Gasteiger partial charge is 0.459 e. The first kappa shape index (κ1) is 13.6. The van der Waals surface area contributed by atoms with Gasteiger partial charge in [-0.1, -0.05) is 0 Å². The maximum Gasteiger partial charge on any atom is 0.286 e. The first-order chi connectivity index (χ1) is 9.22. The summed E-state index contributed by atoms with van der Waals surface area (Å²) in [6.07, 6.45) is 3.44. The Balaban J connectivity index is 1.73. The normalized spacial score (nSPS) is 18.6. The van der Waals surface area contributed by atoms with Crippen molar-refractivity contribution in [2.75, 3.05) is 19.7 Å². The Labute approximate surface area is 111 Å². The number of rotatable bonds is 5. The second-order valence-electron chi connectivity index (χ2n) is 4.55. The minimum atomic E-state index is -0.321. The molecule has 2 N–H and O–H groups in total. The summed E-state index contributed by atoms with van der Waals surface area (Å²) in [4.78, 5) is 25.2. The van der Waals surface area contributed by atoms with E-state index in [0.717, 1.165) is 12.8 Å². The van der Waals surface area contributed by atoms with Crippen LogP contribution in [0.4, 0.5) is 0 Å². The fourth-order valence-corrected chi connectivity index (χ4v) is 2.28. The van der Waals surface area contributed by atoms with Crippen LogP contribution < -0.4 is 5.32 Å². The van der Waals surface area contributed by atoms with Gasteiger partial charge in [-0.3, -0.25) is 9.59 Å². The molecule has 1 aromatic rings. The van der Waals surface area contributed by atoms with Crippen molar-refractivity contribution in [1.82, 2.24) is 10.2 Å². The van der Waals surface area contributed by atoms with Crippen LogP contribution >= 0.6 is 0 Å². The monoisotopic (exact) mass is 266 g/mol. The molecule has 6 heteroatoms. The molecule has 0 aliphatic carbocycles. The van der Waals surface area contributed by atoms with Gasteiger partial charge in [0.1, 0.15) is 0 Å². The van der Waals surface area contributed by atoms with Gasteiger partial charge < -0.3 is 19.7 Å². The molecule has 1 aliphatic rings. The SMILES string of the molecule is O=C(NCCC(=O)N1CCCC1CO)c1ccco1. The first-order valence-corrected chi connectivity index (χ1v) is 6.44. The minimum Gasteiger partial charge on any atom is -0.459 e. The van der Waals surface area contributed by atoms with Crippen LogP contribution in [0.3, 0.4) is 0 Å². The maximum absolute atomic E-state index is 11.9. The first-order valence-electron chi connectivity index (χ1n) is 6.44. The molecule has 0 spiro atoms. The second kappa shape index (κ2) is 6.38. The smallest absolute Gasteiger partial charge is 0.286 e. The third kappa shape index (κ3) is 3.35. The van der Waals surface area contributed by atoms with E-state index in [-0.39, 0.29) is 43.2 Å². The van der Waals surface area contributed by atoms with Crippen LogP contribution in [0.5, 0.6) is 0 Å². The second-order valence-corrected chi connectivity index (χ2v) is 4.55. The number of aliphatic hydroxyl groups excluding tert-OH is 1. The predicted molar refractivity (Wildman–Crippen MR) is 67.5 cm³/mol. The summed E-state index contributed by atoms with van der Waals surface area (Å²) >= 11 is 0. The Kier molecular flexibility index (Phi) is 4.57. The van der Waals surface area contributed by atoms with Gasteiger partial charge in [-0.15, -0.1) is 0 Å². The number of hydrogen-bond donors (Lipinski definition) is 2. The third-order valence-electron chi connectivity index (χ3n) is 3.28. The van der Waals surface area contributed by atoms with Crippen LogP contribution in [0.25, 0.3) is 0 Å². The zero-order chi connectivity index (χ0) is 13.7. The molecule has 1 unspecified atom stereocenters. The number of hydrogen-bond acceptors (Lipinski definition) is 4. The van der Waals surface area contributed by atoms with Crippen molar-refractivity contribution in [3.8, 4) is 0 Å². The van der Waals surface area contributed by atoms with Gasteiger partial charge in [0, 0.05) is 19.5 Å². The standard InChI is InChI=1S/C13H18N2O4/c16-9-10-3-1-7-15(10)12(17)5-6-14-13(18)11-4-2-8-19-11/h2,4,8,10,16H,1,3,5-7,9H2,(H,14,18). The van der Waals surface area contributed by atoms with Crippen LogP contribution in [-0.4, -0.2) is 47.6 Å². The van der Waals surface area contributed by atoms with E-state index in [9.17, 15) is 9.59 Å². The van der Waals surface area contributed by atoms with Gasteiger partial charge in [0.15, 0.2) is 5.76 Å². The Morgan fingerprint density at radius 2 is 2.37 bits per heavy atom. The summed E-state index contributed by atoms with van der Waals surface area (Å²) < 4.78 is 4.95. The Morgan fingerprint density at radius 1 is 1.53 bits per heavy atom. The highest BCUT2D eigenvalue weighted by Gasteiger charge is 2.27. The Hall–Kier alpha value is -1.82. The maximum atomic E-state index is 11.9. The predicted octanol–water partition coefficient (Wildman–Crippen LogP) is 0.383. The van der Waals surface area contributed by atoms with Gasteiger partial charge in [-0.2, -0.15) is 0 Å².